The van der Waals surface area contributed by atoms with E-state index in [1.807, 2.05) is 32.6 Å². The standard InChI is InChI=1S/C16H21N5O/c1-16(2,22)9-20-6-4-11(8-20)21-10-19-13-7-18-15-12(14(13)21)3-5-17-15/h3,5,7,10-11,22H,4,6,8-9H2,1-2H3,(H,17,18)/t11-/m1/s1. The lowest BCUT2D eigenvalue weighted by Crippen LogP contribution is -2.37. The van der Waals surface area contributed by atoms with Gasteiger partial charge in [0.2, 0.25) is 0 Å². The quantitative estimate of drug-likeness (QED) is 0.775. The van der Waals surface area contributed by atoms with Gasteiger partial charge in [0.05, 0.1) is 23.6 Å². The minimum atomic E-state index is -0.649. The summed E-state index contributed by atoms with van der Waals surface area (Å²) in [5, 5.41) is 11.1. The molecule has 6 heteroatoms. The third-order valence-electron chi connectivity index (χ3n) is 4.37. The molecule has 1 aliphatic rings. The van der Waals surface area contributed by atoms with Gasteiger partial charge in [0.25, 0.3) is 0 Å². The van der Waals surface area contributed by atoms with Gasteiger partial charge in [-0.1, -0.05) is 0 Å². The van der Waals surface area contributed by atoms with E-state index >= 15 is 0 Å². The number of aliphatic hydroxyl groups is 1. The maximum Gasteiger partial charge on any atom is 0.139 e. The van der Waals surface area contributed by atoms with Crippen LogP contribution >= 0.6 is 0 Å². The third kappa shape index (κ3) is 2.28. The van der Waals surface area contributed by atoms with Gasteiger partial charge < -0.3 is 14.7 Å². The minimum Gasteiger partial charge on any atom is -0.389 e. The lowest BCUT2D eigenvalue weighted by atomic mass is 10.1. The van der Waals surface area contributed by atoms with E-state index in [9.17, 15) is 5.11 Å². The van der Waals surface area contributed by atoms with Crippen molar-refractivity contribution < 1.29 is 5.11 Å². The smallest absolute Gasteiger partial charge is 0.139 e. The lowest BCUT2D eigenvalue weighted by molar-refractivity contribution is 0.0430. The van der Waals surface area contributed by atoms with E-state index in [2.05, 4.69) is 30.5 Å². The Morgan fingerprint density at radius 3 is 3.09 bits per heavy atom. The molecular weight excluding hydrogens is 278 g/mol. The number of nitrogens with zero attached hydrogens (tertiary/aromatic N) is 4. The van der Waals surface area contributed by atoms with E-state index in [1.165, 1.54) is 0 Å². The summed E-state index contributed by atoms with van der Waals surface area (Å²) in [6, 6.07) is 2.46. The van der Waals surface area contributed by atoms with E-state index in [1.54, 1.807) is 0 Å². The van der Waals surface area contributed by atoms with Crippen molar-refractivity contribution in [1.29, 1.82) is 0 Å². The number of likely N-dealkylation sites (tertiary alicyclic amines) is 1. The summed E-state index contributed by atoms with van der Waals surface area (Å²) in [5.41, 5.74) is 2.35. The zero-order valence-electron chi connectivity index (χ0n) is 13.0. The molecule has 6 nitrogen and oxygen atoms in total. The van der Waals surface area contributed by atoms with Crippen LogP contribution in [0.25, 0.3) is 22.1 Å². The van der Waals surface area contributed by atoms with Crippen molar-refractivity contribution in [3.8, 4) is 0 Å². The molecule has 4 rings (SSSR count). The molecule has 2 N–H and O–H groups in total. The molecule has 3 aromatic rings. The van der Waals surface area contributed by atoms with Crippen molar-refractivity contribution >= 4 is 22.1 Å². The summed E-state index contributed by atoms with van der Waals surface area (Å²) in [7, 11) is 0. The first kappa shape index (κ1) is 13.7. The second kappa shape index (κ2) is 4.79. The van der Waals surface area contributed by atoms with E-state index in [0.717, 1.165) is 41.6 Å². The molecule has 22 heavy (non-hydrogen) atoms. The predicted molar refractivity (Wildman–Crippen MR) is 85.8 cm³/mol. The first-order valence-electron chi connectivity index (χ1n) is 7.75. The molecule has 0 spiro atoms. The van der Waals surface area contributed by atoms with Crippen molar-refractivity contribution in [2.24, 2.45) is 0 Å². The number of aromatic nitrogens is 4. The Kier molecular flexibility index (Phi) is 2.99. The number of H-pyrrole nitrogens is 1. The summed E-state index contributed by atoms with van der Waals surface area (Å²) in [6.07, 6.45) is 6.75. The Balaban J connectivity index is 1.69. The molecule has 0 aliphatic carbocycles. The zero-order chi connectivity index (χ0) is 15.3. The fourth-order valence-corrected chi connectivity index (χ4v) is 3.54. The van der Waals surface area contributed by atoms with Crippen LogP contribution in [0.2, 0.25) is 0 Å². The number of aromatic amines is 1. The highest BCUT2D eigenvalue weighted by atomic mass is 16.3. The molecule has 0 saturated carbocycles. The summed E-state index contributed by atoms with van der Waals surface area (Å²) in [6.45, 7) is 6.39. The fourth-order valence-electron chi connectivity index (χ4n) is 3.54. The average Bonchev–Trinajstić information content (AvgIpc) is 3.13. The number of hydrogen-bond donors (Lipinski definition) is 2. The molecular formula is C16H21N5O. The fraction of sp³-hybridized carbons (Fsp3) is 0.500. The van der Waals surface area contributed by atoms with Crippen LogP contribution in [-0.4, -0.2) is 54.8 Å². The van der Waals surface area contributed by atoms with Crippen molar-refractivity contribution in [1.82, 2.24) is 24.4 Å². The molecule has 116 valence electrons. The average molecular weight is 299 g/mol. The third-order valence-corrected chi connectivity index (χ3v) is 4.37. The van der Waals surface area contributed by atoms with Gasteiger partial charge in [-0.2, -0.15) is 0 Å². The Morgan fingerprint density at radius 2 is 2.27 bits per heavy atom. The molecule has 0 bridgehead atoms. The van der Waals surface area contributed by atoms with Crippen molar-refractivity contribution in [3.05, 3.63) is 24.8 Å². The first-order valence-corrected chi connectivity index (χ1v) is 7.75. The summed E-state index contributed by atoms with van der Waals surface area (Å²) >= 11 is 0. The summed E-state index contributed by atoms with van der Waals surface area (Å²) in [5.74, 6) is 0. The zero-order valence-corrected chi connectivity index (χ0v) is 13.0. The van der Waals surface area contributed by atoms with Gasteiger partial charge in [0.15, 0.2) is 0 Å². The maximum absolute atomic E-state index is 10.0. The van der Waals surface area contributed by atoms with Crippen molar-refractivity contribution in [3.63, 3.8) is 0 Å². The normalized spacial score (nSPS) is 20.4. The van der Waals surface area contributed by atoms with E-state index < -0.39 is 5.60 Å². The van der Waals surface area contributed by atoms with E-state index in [0.29, 0.717) is 12.6 Å². The summed E-state index contributed by atoms with van der Waals surface area (Å²) in [4.78, 5) is 14.4. The van der Waals surface area contributed by atoms with Crippen LogP contribution < -0.4 is 0 Å². The van der Waals surface area contributed by atoms with Gasteiger partial charge >= 0.3 is 0 Å². The highest BCUT2D eigenvalue weighted by molar-refractivity contribution is 6.00. The van der Waals surface area contributed by atoms with Gasteiger partial charge in [-0.15, -0.1) is 0 Å². The molecule has 1 saturated heterocycles. The van der Waals surface area contributed by atoms with Crippen LogP contribution in [0.3, 0.4) is 0 Å². The molecule has 0 aromatic carbocycles. The van der Waals surface area contributed by atoms with Gasteiger partial charge in [-0.05, 0) is 26.3 Å². The van der Waals surface area contributed by atoms with Gasteiger partial charge in [0.1, 0.15) is 11.2 Å². The van der Waals surface area contributed by atoms with E-state index in [4.69, 9.17) is 0 Å². The van der Waals surface area contributed by atoms with Crippen LogP contribution in [0, 0.1) is 0 Å². The molecule has 1 atom stereocenters. The van der Waals surface area contributed by atoms with Gasteiger partial charge in [-0.3, -0.25) is 4.90 Å². The minimum absolute atomic E-state index is 0.396. The molecule has 0 radical (unpaired) electrons. The second-order valence-corrected chi connectivity index (χ2v) is 6.87. The highest BCUT2D eigenvalue weighted by Gasteiger charge is 2.28. The van der Waals surface area contributed by atoms with Crippen LogP contribution in [0.15, 0.2) is 24.8 Å². The Hall–Kier alpha value is -1.92. The van der Waals surface area contributed by atoms with Gasteiger partial charge in [0, 0.05) is 37.3 Å². The van der Waals surface area contributed by atoms with Crippen LogP contribution in [0.4, 0.5) is 0 Å². The number of nitrogens with one attached hydrogen (secondary N) is 1. The van der Waals surface area contributed by atoms with Crippen LogP contribution in [0.5, 0.6) is 0 Å². The number of pyridine rings is 1. The van der Waals surface area contributed by atoms with Crippen LogP contribution in [0.1, 0.15) is 26.3 Å². The highest BCUT2D eigenvalue weighted by Crippen LogP contribution is 2.29. The predicted octanol–water partition coefficient (Wildman–Crippen LogP) is 1.93. The Bertz CT molecular complexity index is 813. The molecule has 4 heterocycles. The molecule has 3 aromatic heterocycles. The number of β-amino-alcohol motifs (C(OH)–C–C–N with tert-alkyl or cyclic N) is 1. The van der Waals surface area contributed by atoms with Crippen molar-refractivity contribution in [2.45, 2.75) is 31.9 Å². The number of hydrogen-bond acceptors (Lipinski definition) is 4. The van der Waals surface area contributed by atoms with Gasteiger partial charge in [-0.25, -0.2) is 9.97 Å². The Labute approximate surface area is 128 Å². The largest absolute Gasteiger partial charge is 0.389 e. The topological polar surface area (TPSA) is 70.0 Å². The number of fused-ring (bicyclic) bond motifs is 3. The maximum atomic E-state index is 10.0. The number of imidazole rings is 1. The molecule has 0 unspecified atom stereocenters. The van der Waals surface area contributed by atoms with Crippen molar-refractivity contribution in [2.75, 3.05) is 19.6 Å². The summed E-state index contributed by atoms with van der Waals surface area (Å²) < 4.78 is 2.28. The lowest BCUT2D eigenvalue weighted by Gasteiger charge is -2.25. The van der Waals surface area contributed by atoms with Crippen LogP contribution in [-0.2, 0) is 0 Å². The Morgan fingerprint density at radius 1 is 1.41 bits per heavy atom. The molecule has 1 aliphatic heterocycles. The SMILES string of the molecule is CC(C)(O)CN1CC[C@@H](n2cnc3cnc4[nH]ccc4c32)C1. The monoisotopic (exact) mass is 299 g/mol. The first-order chi connectivity index (χ1) is 10.5. The molecule has 0 amide bonds. The van der Waals surface area contributed by atoms with E-state index in [-0.39, 0.29) is 0 Å². The second-order valence-electron chi connectivity index (χ2n) is 6.87. The molecule has 1 fully saturated rings. The number of rotatable bonds is 3.